The fourth-order valence-electron chi connectivity index (χ4n) is 2.02. The van der Waals surface area contributed by atoms with Gasteiger partial charge in [0.1, 0.15) is 5.82 Å². The van der Waals surface area contributed by atoms with Gasteiger partial charge in [0.05, 0.1) is 11.3 Å². The monoisotopic (exact) mass is 293 g/mol. The van der Waals surface area contributed by atoms with E-state index in [1.165, 1.54) is 12.1 Å². The molecule has 22 heavy (non-hydrogen) atoms. The van der Waals surface area contributed by atoms with Gasteiger partial charge in [0.15, 0.2) is 5.65 Å². The molecule has 0 unspecified atom stereocenters. The quantitative estimate of drug-likeness (QED) is 0.593. The summed E-state index contributed by atoms with van der Waals surface area (Å²) in [5.74, 6) is 5.63. The Morgan fingerprint density at radius 3 is 2.59 bits per heavy atom. The molecule has 0 spiro atoms. The Kier molecular flexibility index (Phi) is 3.42. The second-order valence-electron chi connectivity index (χ2n) is 6.19. The Morgan fingerprint density at radius 1 is 1.09 bits per heavy atom. The number of hydrogen-bond donors (Lipinski definition) is 0. The molecule has 0 aliphatic heterocycles. The topological polar surface area (TPSA) is 30.2 Å². The van der Waals surface area contributed by atoms with Crippen LogP contribution < -0.4 is 0 Å². The maximum absolute atomic E-state index is 13.1. The minimum absolute atomic E-state index is 0.0267. The first kappa shape index (κ1) is 14.3. The average Bonchev–Trinajstić information content (AvgIpc) is 2.88. The summed E-state index contributed by atoms with van der Waals surface area (Å²) < 4.78 is 14.9. The van der Waals surface area contributed by atoms with Gasteiger partial charge in [-0.05, 0) is 18.2 Å². The number of benzene rings is 1. The van der Waals surface area contributed by atoms with Crippen molar-refractivity contribution < 1.29 is 4.39 Å². The molecule has 2 aromatic heterocycles. The van der Waals surface area contributed by atoms with Gasteiger partial charge >= 0.3 is 0 Å². The SMILES string of the molecule is CC(C)(C)c1cc2ncc(C#Cc3cccc(F)c3)cn2n1. The van der Waals surface area contributed by atoms with Crippen LogP contribution in [0.2, 0.25) is 0 Å². The molecular weight excluding hydrogens is 277 g/mol. The molecule has 110 valence electrons. The standard InChI is InChI=1S/C18H16FN3/c1-18(2,3)16-10-17-20-11-14(12-22(17)21-16)8-7-13-5-4-6-15(19)9-13/h4-6,9-12H,1-3H3. The Balaban J connectivity index is 1.96. The number of hydrogen-bond acceptors (Lipinski definition) is 2. The number of nitrogens with zero attached hydrogens (tertiary/aromatic N) is 3. The van der Waals surface area contributed by atoms with Crippen LogP contribution >= 0.6 is 0 Å². The van der Waals surface area contributed by atoms with Gasteiger partial charge in [-0.2, -0.15) is 5.10 Å². The number of rotatable bonds is 0. The molecule has 1 aromatic carbocycles. The van der Waals surface area contributed by atoms with E-state index in [1.54, 1.807) is 22.8 Å². The molecule has 0 aliphatic rings. The first-order valence-corrected chi connectivity index (χ1v) is 7.05. The summed E-state index contributed by atoms with van der Waals surface area (Å²) in [5, 5.41) is 4.54. The van der Waals surface area contributed by atoms with Crippen LogP contribution in [-0.4, -0.2) is 14.6 Å². The van der Waals surface area contributed by atoms with E-state index in [9.17, 15) is 4.39 Å². The van der Waals surface area contributed by atoms with Crippen molar-refractivity contribution in [2.24, 2.45) is 0 Å². The summed E-state index contributed by atoms with van der Waals surface area (Å²) in [5.41, 5.74) is 3.12. The van der Waals surface area contributed by atoms with Crippen LogP contribution in [0.5, 0.6) is 0 Å². The van der Waals surface area contributed by atoms with Crippen LogP contribution in [-0.2, 0) is 5.41 Å². The van der Waals surface area contributed by atoms with Gasteiger partial charge in [0, 0.05) is 29.4 Å². The smallest absolute Gasteiger partial charge is 0.155 e. The predicted molar refractivity (Wildman–Crippen MR) is 84.1 cm³/mol. The van der Waals surface area contributed by atoms with Crippen molar-refractivity contribution >= 4 is 5.65 Å². The highest BCUT2D eigenvalue weighted by molar-refractivity contribution is 5.46. The second-order valence-corrected chi connectivity index (χ2v) is 6.19. The van der Waals surface area contributed by atoms with Gasteiger partial charge in [-0.15, -0.1) is 0 Å². The van der Waals surface area contributed by atoms with Gasteiger partial charge in [-0.25, -0.2) is 13.9 Å². The summed E-state index contributed by atoms with van der Waals surface area (Å²) in [6, 6.07) is 8.20. The molecule has 0 saturated carbocycles. The van der Waals surface area contributed by atoms with E-state index < -0.39 is 0 Å². The fourth-order valence-corrected chi connectivity index (χ4v) is 2.02. The fraction of sp³-hybridized carbons (Fsp3) is 0.222. The molecule has 0 N–H and O–H groups in total. The van der Waals surface area contributed by atoms with Crippen LogP contribution in [0.25, 0.3) is 5.65 Å². The van der Waals surface area contributed by atoms with E-state index in [1.807, 2.05) is 12.3 Å². The van der Waals surface area contributed by atoms with Crippen molar-refractivity contribution in [3.05, 3.63) is 65.4 Å². The zero-order valence-electron chi connectivity index (χ0n) is 12.8. The largest absolute Gasteiger partial charge is 0.236 e. The molecule has 3 aromatic rings. The predicted octanol–water partition coefficient (Wildman–Crippen LogP) is 3.57. The molecule has 0 fully saturated rings. The van der Waals surface area contributed by atoms with Gasteiger partial charge in [0.2, 0.25) is 0 Å². The third-order valence-electron chi connectivity index (χ3n) is 3.26. The van der Waals surface area contributed by atoms with Crippen molar-refractivity contribution in [1.82, 2.24) is 14.6 Å². The van der Waals surface area contributed by atoms with E-state index in [0.717, 1.165) is 16.9 Å². The lowest BCUT2D eigenvalue weighted by Crippen LogP contribution is -2.11. The van der Waals surface area contributed by atoms with Gasteiger partial charge in [0.25, 0.3) is 0 Å². The van der Waals surface area contributed by atoms with Gasteiger partial charge in [-0.1, -0.05) is 38.7 Å². The Bertz CT molecular complexity index is 892. The molecule has 3 nitrogen and oxygen atoms in total. The Hall–Kier alpha value is -2.67. The van der Waals surface area contributed by atoms with Crippen LogP contribution in [0.15, 0.2) is 42.7 Å². The third-order valence-corrected chi connectivity index (χ3v) is 3.26. The molecule has 0 amide bonds. The zero-order chi connectivity index (χ0) is 15.7. The van der Waals surface area contributed by atoms with E-state index >= 15 is 0 Å². The van der Waals surface area contributed by atoms with Crippen LogP contribution in [0, 0.1) is 17.7 Å². The van der Waals surface area contributed by atoms with Crippen LogP contribution in [0.3, 0.4) is 0 Å². The summed E-state index contributed by atoms with van der Waals surface area (Å²) in [7, 11) is 0. The molecule has 0 radical (unpaired) electrons. The molecule has 0 saturated heterocycles. The minimum Gasteiger partial charge on any atom is -0.236 e. The molecule has 4 heteroatoms. The van der Waals surface area contributed by atoms with Gasteiger partial charge in [-0.3, -0.25) is 0 Å². The maximum Gasteiger partial charge on any atom is 0.155 e. The number of aromatic nitrogens is 3. The second kappa shape index (κ2) is 5.27. The average molecular weight is 293 g/mol. The van der Waals surface area contributed by atoms with Crippen LogP contribution in [0.1, 0.15) is 37.6 Å². The van der Waals surface area contributed by atoms with Crippen LogP contribution in [0.4, 0.5) is 4.39 Å². The molecule has 3 rings (SSSR count). The van der Waals surface area contributed by atoms with Crippen molar-refractivity contribution in [3.8, 4) is 11.8 Å². The summed E-state index contributed by atoms with van der Waals surface area (Å²) >= 11 is 0. The highest BCUT2D eigenvalue weighted by atomic mass is 19.1. The minimum atomic E-state index is -0.290. The summed E-state index contributed by atoms with van der Waals surface area (Å²) in [6.45, 7) is 6.33. The van der Waals surface area contributed by atoms with Crippen molar-refractivity contribution in [1.29, 1.82) is 0 Å². The molecule has 0 bridgehead atoms. The third kappa shape index (κ3) is 2.99. The van der Waals surface area contributed by atoms with E-state index in [0.29, 0.717) is 5.56 Å². The number of halogens is 1. The molecular formula is C18H16FN3. The lowest BCUT2D eigenvalue weighted by Gasteiger charge is -2.13. The lowest BCUT2D eigenvalue weighted by molar-refractivity contribution is 0.562. The normalized spacial score (nSPS) is 11.3. The summed E-state index contributed by atoms with van der Waals surface area (Å²) in [4.78, 5) is 4.37. The van der Waals surface area contributed by atoms with Crippen molar-refractivity contribution in [3.63, 3.8) is 0 Å². The lowest BCUT2D eigenvalue weighted by atomic mass is 9.93. The van der Waals surface area contributed by atoms with E-state index in [-0.39, 0.29) is 11.2 Å². The van der Waals surface area contributed by atoms with E-state index in [2.05, 4.69) is 42.7 Å². The number of fused-ring (bicyclic) bond motifs is 1. The maximum atomic E-state index is 13.1. The van der Waals surface area contributed by atoms with Crippen molar-refractivity contribution in [2.45, 2.75) is 26.2 Å². The first-order chi connectivity index (χ1) is 10.4. The van der Waals surface area contributed by atoms with E-state index in [4.69, 9.17) is 0 Å². The molecule has 0 atom stereocenters. The van der Waals surface area contributed by atoms with Crippen molar-refractivity contribution in [2.75, 3.05) is 0 Å². The highest BCUT2D eigenvalue weighted by Gasteiger charge is 2.17. The first-order valence-electron chi connectivity index (χ1n) is 7.05. The Labute approximate surface area is 128 Å². The molecule has 2 heterocycles. The Morgan fingerprint density at radius 2 is 1.86 bits per heavy atom. The van der Waals surface area contributed by atoms with Gasteiger partial charge < -0.3 is 0 Å². The highest BCUT2D eigenvalue weighted by Crippen LogP contribution is 2.21. The zero-order valence-corrected chi connectivity index (χ0v) is 12.8. The summed E-state index contributed by atoms with van der Waals surface area (Å²) in [6.07, 6.45) is 3.54. The molecule has 0 aliphatic carbocycles.